The molecular weight excluding hydrogens is 250 g/mol. The summed E-state index contributed by atoms with van der Waals surface area (Å²) in [6.45, 7) is 11.0. The zero-order chi connectivity index (χ0) is 11.3. The molecule has 0 amide bonds. The summed E-state index contributed by atoms with van der Waals surface area (Å²) in [4.78, 5) is 2.67. The molecular formula is C13H26BrN. The van der Waals surface area contributed by atoms with Gasteiger partial charge in [0.15, 0.2) is 0 Å². The molecule has 0 bridgehead atoms. The first-order valence-corrected chi connectivity index (χ1v) is 7.57. The van der Waals surface area contributed by atoms with E-state index in [0.717, 1.165) is 23.1 Å². The van der Waals surface area contributed by atoms with Crippen molar-refractivity contribution in [2.45, 2.75) is 40.0 Å². The van der Waals surface area contributed by atoms with Gasteiger partial charge in [0.2, 0.25) is 0 Å². The van der Waals surface area contributed by atoms with Crippen molar-refractivity contribution in [1.82, 2.24) is 4.90 Å². The van der Waals surface area contributed by atoms with Crippen LogP contribution in [0.5, 0.6) is 0 Å². The summed E-state index contributed by atoms with van der Waals surface area (Å²) in [6, 6.07) is 0. The Balaban J connectivity index is 2.28. The second-order valence-corrected chi connectivity index (χ2v) is 6.01. The molecule has 1 nitrogen and oxygen atoms in total. The van der Waals surface area contributed by atoms with Crippen molar-refractivity contribution in [2.24, 2.45) is 17.8 Å². The van der Waals surface area contributed by atoms with Gasteiger partial charge in [-0.1, -0.05) is 43.1 Å². The summed E-state index contributed by atoms with van der Waals surface area (Å²) in [5.74, 6) is 2.61. The quantitative estimate of drug-likeness (QED) is 0.667. The van der Waals surface area contributed by atoms with Gasteiger partial charge in [-0.25, -0.2) is 0 Å². The van der Waals surface area contributed by atoms with Crippen molar-refractivity contribution < 1.29 is 0 Å². The van der Waals surface area contributed by atoms with Gasteiger partial charge >= 0.3 is 0 Å². The van der Waals surface area contributed by atoms with Gasteiger partial charge in [-0.3, -0.25) is 0 Å². The first kappa shape index (κ1) is 13.5. The molecule has 15 heavy (non-hydrogen) atoms. The van der Waals surface area contributed by atoms with Gasteiger partial charge in [0.1, 0.15) is 0 Å². The summed E-state index contributed by atoms with van der Waals surface area (Å²) in [5, 5.41) is 1.15. The molecule has 1 saturated heterocycles. The minimum Gasteiger partial charge on any atom is -0.303 e. The predicted molar refractivity (Wildman–Crippen MR) is 71.6 cm³/mol. The number of hydrogen-bond acceptors (Lipinski definition) is 1. The van der Waals surface area contributed by atoms with Crippen molar-refractivity contribution in [3.8, 4) is 0 Å². The van der Waals surface area contributed by atoms with Crippen molar-refractivity contribution in [2.75, 3.05) is 25.0 Å². The Bertz CT molecular complexity index is 170. The molecule has 2 heteroatoms. The molecule has 1 aliphatic rings. The zero-order valence-electron chi connectivity index (χ0n) is 10.5. The van der Waals surface area contributed by atoms with Crippen LogP contribution >= 0.6 is 15.9 Å². The topological polar surface area (TPSA) is 3.24 Å². The SMILES string of the molecule is CCCC1CCN(CC(CBr)C(C)C)C1. The molecule has 0 aromatic heterocycles. The van der Waals surface area contributed by atoms with Crippen LogP contribution in [0.2, 0.25) is 0 Å². The van der Waals surface area contributed by atoms with Crippen LogP contribution in [0.15, 0.2) is 0 Å². The Morgan fingerprint density at radius 1 is 1.40 bits per heavy atom. The molecule has 2 atom stereocenters. The minimum absolute atomic E-state index is 0.801. The lowest BCUT2D eigenvalue weighted by molar-refractivity contribution is 0.245. The summed E-state index contributed by atoms with van der Waals surface area (Å²) in [7, 11) is 0. The number of likely N-dealkylation sites (tertiary alicyclic amines) is 1. The highest BCUT2D eigenvalue weighted by Crippen LogP contribution is 2.24. The maximum absolute atomic E-state index is 3.64. The third kappa shape index (κ3) is 4.44. The molecule has 0 aromatic rings. The highest BCUT2D eigenvalue weighted by atomic mass is 79.9. The van der Waals surface area contributed by atoms with Gasteiger partial charge in [0.05, 0.1) is 0 Å². The van der Waals surface area contributed by atoms with E-state index in [1.54, 1.807) is 0 Å². The van der Waals surface area contributed by atoms with Crippen LogP contribution < -0.4 is 0 Å². The fraction of sp³-hybridized carbons (Fsp3) is 1.00. The summed E-state index contributed by atoms with van der Waals surface area (Å²) in [5.41, 5.74) is 0. The smallest absolute Gasteiger partial charge is 0.00743 e. The average Bonchev–Trinajstić information content (AvgIpc) is 2.62. The van der Waals surface area contributed by atoms with E-state index in [0.29, 0.717) is 0 Å². The van der Waals surface area contributed by atoms with Crippen molar-refractivity contribution in [3.05, 3.63) is 0 Å². The Morgan fingerprint density at radius 3 is 2.67 bits per heavy atom. The Hall–Kier alpha value is 0.440. The van der Waals surface area contributed by atoms with E-state index in [2.05, 4.69) is 41.6 Å². The van der Waals surface area contributed by atoms with Gasteiger partial charge in [-0.2, -0.15) is 0 Å². The normalized spacial score (nSPS) is 25.0. The Kier molecular flexibility index (Phi) is 6.21. The second-order valence-electron chi connectivity index (χ2n) is 5.36. The maximum Gasteiger partial charge on any atom is 0.00743 e. The lowest BCUT2D eigenvalue weighted by atomic mass is 9.97. The van der Waals surface area contributed by atoms with Crippen molar-refractivity contribution >= 4 is 15.9 Å². The lowest BCUT2D eigenvalue weighted by Gasteiger charge is -2.25. The molecule has 0 aromatic carbocycles. The van der Waals surface area contributed by atoms with Crippen LogP contribution in [0.3, 0.4) is 0 Å². The average molecular weight is 276 g/mol. The first-order valence-electron chi connectivity index (χ1n) is 6.45. The fourth-order valence-electron chi connectivity index (χ4n) is 2.49. The number of nitrogens with zero attached hydrogens (tertiary/aromatic N) is 1. The van der Waals surface area contributed by atoms with E-state index >= 15 is 0 Å². The molecule has 0 saturated carbocycles. The standard InChI is InChI=1S/C13H26BrN/c1-4-5-12-6-7-15(9-12)10-13(8-14)11(2)3/h11-13H,4-10H2,1-3H3. The molecule has 1 heterocycles. The van der Waals surface area contributed by atoms with Crippen molar-refractivity contribution in [1.29, 1.82) is 0 Å². The van der Waals surface area contributed by atoms with Crippen LogP contribution in [0.4, 0.5) is 0 Å². The molecule has 0 radical (unpaired) electrons. The fourth-order valence-corrected chi connectivity index (χ4v) is 3.44. The summed E-state index contributed by atoms with van der Waals surface area (Å²) >= 11 is 3.64. The monoisotopic (exact) mass is 275 g/mol. The molecule has 2 unspecified atom stereocenters. The third-order valence-corrected chi connectivity index (χ3v) is 4.53. The van der Waals surface area contributed by atoms with Crippen LogP contribution in [0.25, 0.3) is 0 Å². The van der Waals surface area contributed by atoms with E-state index in [1.807, 2.05) is 0 Å². The third-order valence-electron chi connectivity index (χ3n) is 3.70. The Labute approximate surface area is 104 Å². The second kappa shape index (κ2) is 6.90. The maximum atomic E-state index is 3.64. The van der Waals surface area contributed by atoms with Crippen LogP contribution in [0, 0.1) is 17.8 Å². The largest absolute Gasteiger partial charge is 0.303 e. The van der Waals surface area contributed by atoms with E-state index in [9.17, 15) is 0 Å². The predicted octanol–water partition coefficient (Wildman–Crippen LogP) is 3.78. The van der Waals surface area contributed by atoms with Crippen molar-refractivity contribution in [3.63, 3.8) is 0 Å². The molecule has 0 N–H and O–H groups in total. The van der Waals surface area contributed by atoms with Gasteiger partial charge in [0.25, 0.3) is 0 Å². The molecule has 90 valence electrons. The molecule has 1 fully saturated rings. The summed E-state index contributed by atoms with van der Waals surface area (Å²) in [6.07, 6.45) is 4.21. The Morgan fingerprint density at radius 2 is 2.13 bits per heavy atom. The number of halogens is 1. The van der Waals surface area contributed by atoms with Crippen LogP contribution in [-0.2, 0) is 0 Å². The molecule has 1 rings (SSSR count). The number of hydrogen-bond donors (Lipinski definition) is 0. The molecule has 0 spiro atoms. The number of rotatable bonds is 6. The lowest BCUT2D eigenvalue weighted by Crippen LogP contribution is -2.30. The minimum atomic E-state index is 0.801. The van der Waals surface area contributed by atoms with E-state index in [1.165, 1.54) is 38.9 Å². The van der Waals surface area contributed by atoms with Crippen LogP contribution in [0.1, 0.15) is 40.0 Å². The zero-order valence-corrected chi connectivity index (χ0v) is 12.1. The van der Waals surface area contributed by atoms with Gasteiger partial charge in [-0.05, 0) is 37.1 Å². The van der Waals surface area contributed by atoms with Gasteiger partial charge < -0.3 is 4.90 Å². The van der Waals surface area contributed by atoms with E-state index in [4.69, 9.17) is 0 Å². The highest BCUT2D eigenvalue weighted by molar-refractivity contribution is 9.09. The van der Waals surface area contributed by atoms with Gasteiger partial charge in [0, 0.05) is 18.4 Å². The number of alkyl halides is 1. The molecule has 1 aliphatic heterocycles. The first-order chi connectivity index (χ1) is 7.17. The van der Waals surface area contributed by atoms with Gasteiger partial charge in [-0.15, -0.1) is 0 Å². The van der Waals surface area contributed by atoms with E-state index in [-0.39, 0.29) is 0 Å². The molecule has 0 aliphatic carbocycles. The van der Waals surface area contributed by atoms with E-state index < -0.39 is 0 Å². The van der Waals surface area contributed by atoms with Crippen LogP contribution in [-0.4, -0.2) is 29.9 Å². The highest BCUT2D eigenvalue weighted by Gasteiger charge is 2.24. The summed E-state index contributed by atoms with van der Waals surface area (Å²) < 4.78 is 0.